The Hall–Kier alpha value is -1.73. The van der Waals surface area contributed by atoms with E-state index < -0.39 is 17.7 Å². The number of rotatable bonds is 7. The van der Waals surface area contributed by atoms with Crippen LogP contribution in [0.4, 0.5) is 0 Å². The van der Waals surface area contributed by atoms with Crippen molar-refractivity contribution in [1.82, 2.24) is 15.5 Å². The molecule has 1 saturated heterocycles. The summed E-state index contributed by atoms with van der Waals surface area (Å²) in [6, 6.07) is -0.422. The second kappa shape index (κ2) is 7.65. The average molecular weight is 269 g/mol. The van der Waals surface area contributed by atoms with E-state index in [0.717, 1.165) is 6.42 Å². The van der Waals surface area contributed by atoms with E-state index in [-0.39, 0.29) is 25.7 Å². The van der Waals surface area contributed by atoms with Crippen LogP contribution >= 0.6 is 0 Å². The highest BCUT2D eigenvalue weighted by Gasteiger charge is 2.30. The number of amides is 2. The van der Waals surface area contributed by atoms with Crippen molar-refractivity contribution in [2.75, 3.05) is 26.4 Å². The number of aliphatic hydroxyl groups is 1. The lowest BCUT2D eigenvalue weighted by atomic mass is 10.2. The largest absolute Gasteiger partial charge is 0.381 e. The van der Waals surface area contributed by atoms with Gasteiger partial charge in [0, 0.05) is 13.1 Å². The van der Waals surface area contributed by atoms with Crippen LogP contribution in [0.15, 0.2) is 12.7 Å². The molecule has 106 valence electrons. The number of Topliss-reactive ketones (excluding diaryl/α,β-unsaturated/α-hetero) is 1. The highest BCUT2D eigenvalue weighted by molar-refractivity contribution is 6.37. The second-order valence-corrected chi connectivity index (χ2v) is 4.25. The molecule has 1 aliphatic heterocycles. The Morgan fingerprint density at radius 3 is 2.74 bits per heavy atom. The minimum atomic E-state index is -0.745. The topological polar surface area (TPSA) is 98.7 Å². The molecule has 7 nitrogen and oxygen atoms in total. The Labute approximate surface area is 111 Å². The van der Waals surface area contributed by atoms with Crippen LogP contribution in [0.5, 0.6) is 0 Å². The van der Waals surface area contributed by atoms with E-state index in [2.05, 4.69) is 17.2 Å². The molecule has 0 radical (unpaired) electrons. The van der Waals surface area contributed by atoms with Crippen LogP contribution in [-0.4, -0.2) is 60.0 Å². The summed E-state index contributed by atoms with van der Waals surface area (Å²) in [4.78, 5) is 36.1. The molecular weight excluding hydrogens is 250 g/mol. The second-order valence-electron chi connectivity index (χ2n) is 4.25. The number of likely N-dealkylation sites (tertiary alicyclic amines) is 1. The summed E-state index contributed by atoms with van der Waals surface area (Å²) in [5.74, 6) is -1.79. The maximum atomic E-state index is 11.8. The lowest BCUT2D eigenvalue weighted by Crippen LogP contribution is -2.47. The van der Waals surface area contributed by atoms with E-state index in [1.807, 2.05) is 0 Å². The zero-order valence-corrected chi connectivity index (χ0v) is 10.7. The molecule has 1 rings (SSSR count). The minimum Gasteiger partial charge on any atom is -0.381 e. The van der Waals surface area contributed by atoms with Crippen molar-refractivity contribution in [3.8, 4) is 0 Å². The Kier molecular flexibility index (Phi) is 6.17. The SMILES string of the molecule is C=CCNC(=O)C(=O)CNC(=O)[C@@H]1CCCN1CO. The van der Waals surface area contributed by atoms with Crippen LogP contribution in [0.2, 0.25) is 0 Å². The fraction of sp³-hybridized carbons (Fsp3) is 0.583. The predicted octanol–water partition coefficient (Wildman–Crippen LogP) is -1.61. The zero-order chi connectivity index (χ0) is 14.3. The summed E-state index contributed by atoms with van der Waals surface area (Å²) in [5.41, 5.74) is 0. The van der Waals surface area contributed by atoms with E-state index in [0.29, 0.717) is 13.0 Å². The Bertz CT molecular complexity index is 370. The molecule has 7 heteroatoms. The van der Waals surface area contributed by atoms with Crippen molar-refractivity contribution in [2.24, 2.45) is 0 Å². The van der Waals surface area contributed by atoms with Crippen LogP contribution < -0.4 is 10.6 Å². The minimum absolute atomic E-state index is 0.189. The molecular formula is C12H19N3O4. The van der Waals surface area contributed by atoms with Crippen molar-refractivity contribution >= 4 is 17.6 Å². The van der Waals surface area contributed by atoms with Gasteiger partial charge in [-0.25, -0.2) is 0 Å². The van der Waals surface area contributed by atoms with Gasteiger partial charge < -0.3 is 15.7 Å². The number of hydrogen-bond acceptors (Lipinski definition) is 5. The van der Waals surface area contributed by atoms with Gasteiger partial charge in [0.15, 0.2) is 0 Å². The Balaban J connectivity index is 2.35. The van der Waals surface area contributed by atoms with Gasteiger partial charge in [-0.3, -0.25) is 19.3 Å². The summed E-state index contributed by atoms with van der Waals surface area (Å²) < 4.78 is 0. The van der Waals surface area contributed by atoms with Crippen LogP contribution in [0.25, 0.3) is 0 Å². The van der Waals surface area contributed by atoms with E-state index in [9.17, 15) is 14.4 Å². The van der Waals surface area contributed by atoms with Gasteiger partial charge in [0.25, 0.3) is 5.91 Å². The molecule has 19 heavy (non-hydrogen) atoms. The number of nitrogens with one attached hydrogen (secondary N) is 2. The first kappa shape index (κ1) is 15.3. The normalized spacial score (nSPS) is 18.9. The van der Waals surface area contributed by atoms with Gasteiger partial charge in [0.2, 0.25) is 11.7 Å². The van der Waals surface area contributed by atoms with Gasteiger partial charge in [-0.1, -0.05) is 6.08 Å². The lowest BCUT2D eigenvalue weighted by Gasteiger charge is -2.20. The molecule has 0 bridgehead atoms. The molecule has 1 atom stereocenters. The number of carbonyl (C=O) groups is 3. The van der Waals surface area contributed by atoms with E-state index >= 15 is 0 Å². The molecule has 2 amide bonds. The zero-order valence-electron chi connectivity index (χ0n) is 10.7. The van der Waals surface area contributed by atoms with Crippen LogP contribution in [-0.2, 0) is 14.4 Å². The van der Waals surface area contributed by atoms with Gasteiger partial charge in [-0.2, -0.15) is 0 Å². The molecule has 1 heterocycles. The maximum absolute atomic E-state index is 11.8. The maximum Gasteiger partial charge on any atom is 0.289 e. The van der Waals surface area contributed by atoms with Crippen LogP contribution in [0, 0.1) is 0 Å². The molecule has 3 N–H and O–H groups in total. The summed E-state index contributed by atoms with van der Waals surface area (Å²) in [5, 5.41) is 13.8. The lowest BCUT2D eigenvalue weighted by molar-refractivity contribution is -0.138. The first-order valence-corrected chi connectivity index (χ1v) is 6.14. The fourth-order valence-electron chi connectivity index (χ4n) is 1.92. The van der Waals surface area contributed by atoms with Crippen molar-refractivity contribution in [1.29, 1.82) is 0 Å². The third-order valence-electron chi connectivity index (χ3n) is 2.93. The number of ketones is 1. The number of carbonyl (C=O) groups excluding carboxylic acids is 3. The molecule has 0 unspecified atom stereocenters. The van der Waals surface area contributed by atoms with E-state index in [1.54, 1.807) is 4.90 Å². The fourth-order valence-corrected chi connectivity index (χ4v) is 1.92. The molecule has 1 aliphatic rings. The number of hydrogen-bond donors (Lipinski definition) is 3. The van der Waals surface area contributed by atoms with Crippen molar-refractivity contribution in [3.63, 3.8) is 0 Å². The van der Waals surface area contributed by atoms with E-state index in [1.165, 1.54) is 6.08 Å². The first-order chi connectivity index (χ1) is 9.10. The quantitative estimate of drug-likeness (QED) is 0.381. The van der Waals surface area contributed by atoms with Crippen molar-refractivity contribution < 1.29 is 19.5 Å². The highest BCUT2D eigenvalue weighted by atomic mass is 16.3. The van der Waals surface area contributed by atoms with Crippen molar-refractivity contribution in [3.05, 3.63) is 12.7 Å². The summed E-state index contributed by atoms with van der Waals surface area (Å²) in [6.07, 6.45) is 2.93. The van der Waals surface area contributed by atoms with Crippen molar-refractivity contribution in [2.45, 2.75) is 18.9 Å². The molecule has 0 aliphatic carbocycles. The monoisotopic (exact) mass is 269 g/mol. The number of aliphatic hydroxyl groups excluding tert-OH is 1. The predicted molar refractivity (Wildman–Crippen MR) is 68.0 cm³/mol. The van der Waals surface area contributed by atoms with Crippen LogP contribution in [0.1, 0.15) is 12.8 Å². The summed E-state index contributed by atoms with van der Waals surface area (Å²) in [6.45, 7) is 3.75. The van der Waals surface area contributed by atoms with Gasteiger partial charge in [-0.15, -0.1) is 6.58 Å². The molecule has 0 spiro atoms. The molecule has 0 aromatic heterocycles. The van der Waals surface area contributed by atoms with Gasteiger partial charge in [0.05, 0.1) is 19.3 Å². The van der Waals surface area contributed by atoms with Gasteiger partial charge >= 0.3 is 0 Å². The number of nitrogens with zero attached hydrogens (tertiary/aromatic N) is 1. The van der Waals surface area contributed by atoms with Gasteiger partial charge in [-0.05, 0) is 12.8 Å². The molecule has 0 saturated carbocycles. The van der Waals surface area contributed by atoms with E-state index in [4.69, 9.17) is 5.11 Å². The summed E-state index contributed by atoms with van der Waals surface area (Å²) in [7, 11) is 0. The average Bonchev–Trinajstić information content (AvgIpc) is 2.89. The summed E-state index contributed by atoms with van der Waals surface area (Å²) >= 11 is 0. The third kappa shape index (κ3) is 4.46. The van der Waals surface area contributed by atoms with Gasteiger partial charge in [0.1, 0.15) is 0 Å². The smallest absolute Gasteiger partial charge is 0.289 e. The molecule has 0 aromatic rings. The highest BCUT2D eigenvalue weighted by Crippen LogP contribution is 2.15. The standard InChI is InChI=1S/C12H19N3O4/c1-2-5-13-12(19)10(17)7-14-11(18)9-4-3-6-15(9)8-16/h2,9,16H,1,3-8H2,(H,13,19)(H,14,18)/t9-/m0/s1. The third-order valence-corrected chi connectivity index (χ3v) is 2.93. The molecule has 0 aromatic carbocycles. The van der Waals surface area contributed by atoms with Crippen LogP contribution in [0.3, 0.4) is 0 Å². The first-order valence-electron chi connectivity index (χ1n) is 6.14. The Morgan fingerprint density at radius 1 is 1.37 bits per heavy atom. The molecule has 1 fully saturated rings. The Morgan fingerprint density at radius 2 is 2.11 bits per heavy atom.